The van der Waals surface area contributed by atoms with E-state index in [-0.39, 0.29) is 16.8 Å². The Morgan fingerprint density at radius 2 is 2.00 bits per heavy atom. The molecule has 6 heteroatoms. The van der Waals surface area contributed by atoms with Gasteiger partial charge in [0.05, 0.1) is 18.4 Å². The number of hydrogen-bond donors (Lipinski definition) is 1. The van der Waals surface area contributed by atoms with E-state index in [0.29, 0.717) is 0 Å². The smallest absolute Gasteiger partial charge is 0.411 e. The maximum Gasteiger partial charge on any atom is 0.411 e. The van der Waals surface area contributed by atoms with Crippen LogP contribution in [-0.2, 0) is 10.2 Å². The van der Waals surface area contributed by atoms with E-state index in [2.05, 4.69) is 10.1 Å². The van der Waals surface area contributed by atoms with E-state index in [9.17, 15) is 13.6 Å². The number of anilines is 1. The molecule has 102 valence electrons. The number of nitrogens with zero attached hydrogens (tertiary/aromatic N) is 1. The van der Waals surface area contributed by atoms with E-state index in [1.807, 2.05) is 0 Å². The van der Waals surface area contributed by atoms with Crippen molar-refractivity contribution in [3.63, 3.8) is 0 Å². The lowest BCUT2D eigenvalue weighted by atomic mass is 9.84. The van der Waals surface area contributed by atoms with Crippen molar-refractivity contribution in [2.24, 2.45) is 0 Å². The highest BCUT2D eigenvalue weighted by atomic mass is 19.2. The summed E-state index contributed by atoms with van der Waals surface area (Å²) in [5.41, 5.74) is -1.10. The minimum Gasteiger partial charge on any atom is -0.453 e. The first-order valence-corrected chi connectivity index (χ1v) is 5.50. The number of rotatable bonds is 1. The van der Waals surface area contributed by atoms with Crippen molar-refractivity contribution in [3.05, 3.63) is 28.8 Å². The molecule has 0 heterocycles. The summed E-state index contributed by atoms with van der Waals surface area (Å²) in [6.07, 6.45) is -0.854. The second kappa shape index (κ2) is 5.22. The van der Waals surface area contributed by atoms with Gasteiger partial charge in [0, 0.05) is 5.56 Å². The topological polar surface area (TPSA) is 62.1 Å². The Morgan fingerprint density at radius 3 is 2.42 bits per heavy atom. The van der Waals surface area contributed by atoms with E-state index in [4.69, 9.17) is 5.26 Å². The molecular formula is C13H14F2N2O2. The van der Waals surface area contributed by atoms with Crippen molar-refractivity contribution >= 4 is 11.8 Å². The third-order valence-corrected chi connectivity index (χ3v) is 2.50. The monoisotopic (exact) mass is 268 g/mol. The first-order valence-electron chi connectivity index (χ1n) is 5.50. The number of halogens is 2. The zero-order chi connectivity index (χ0) is 14.8. The number of carbonyl (C=O) groups excluding carboxylic acids is 1. The Morgan fingerprint density at radius 1 is 1.42 bits per heavy atom. The molecule has 4 nitrogen and oxygen atoms in total. The van der Waals surface area contributed by atoms with Crippen molar-refractivity contribution in [3.8, 4) is 6.07 Å². The second-order valence-electron chi connectivity index (χ2n) is 4.95. The molecule has 1 amide bonds. The SMILES string of the molecule is COC(=O)Nc1c(C#N)cc(F)c(F)c1C(C)(C)C. The van der Waals surface area contributed by atoms with Gasteiger partial charge in [-0.1, -0.05) is 20.8 Å². The molecule has 0 fully saturated rings. The van der Waals surface area contributed by atoms with Gasteiger partial charge in [-0.15, -0.1) is 0 Å². The summed E-state index contributed by atoms with van der Waals surface area (Å²) in [6.45, 7) is 4.94. The molecule has 1 aromatic carbocycles. The second-order valence-corrected chi connectivity index (χ2v) is 4.95. The summed E-state index contributed by atoms with van der Waals surface area (Å²) in [5, 5.41) is 11.2. The van der Waals surface area contributed by atoms with Crippen LogP contribution in [0.3, 0.4) is 0 Å². The van der Waals surface area contributed by atoms with Gasteiger partial charge < -0.3 is 4.74 Å². The van der Waals surface area contributed by atoms with Gasteiger partial charge in [0.2, 0.25) is 0 Å². The molecule has 0 radical (unpaired) electrons. The van der Waals surface area contributed by atoms with E-state index < -0.39 is 23.1 Å². The molecule has 0 unspecified atom stereocenters. The van der Waals surface area contributed by atoms with Crippen LogP contribution in [0.2, 0.25) is 0 Å². The molecule has 0 saturated carbocycles. The standard InChI is InChI=1S/C13H14F2N2O2/c1-13(2,3)9-10(15)8(14)5-7(6-16)11(9)17-12(18)19-4/h5H,1-4H3,(H,17,18). The molecular weight excluding hydrogens is 254 g/mol. The van der Waals surface area contributed by atoms with Crippen LogP contribution in [0.25, 0.3) is 0 Å². The Labute approximate surface area is 110 Å². The first kappa shape index (κ1) is 14.9. The number of methoxy groups -OCH3 is 1. The molecule has 1 rings (SSSR count). The van der Waals surface area contributed by atoms with Crippen molar-refractivity contribution in [2.45, 2.75) is 26.2 Å². The van der Waals surface area contributed by atoms with E-state index in [1.54, 1.807) is 26.8 Å². The zero-order valence-electron chi connectivity index (χ0n) is 11.1. The molecule has 19 heavy (non-hydrogen) atoms. The van der Waals surface area contributed by atoms with Crippen molar-refractivity contribution in [1.29, 1.82) is 5.26 Å². The molecule has 1 aromatic rings. The van der Waals surface area contributed by atoms with Crippen molar-refractivity contribution in [1.82, 2.24) is 0 Å². The number of hydrogen-bond acceptors (Lipinski definition) is 3. The lowest BCUT2D eigenvalue weighted by molar-refractivity contribution is 0.187. The maximum absolute atomic E-state index is 14.0. The first-order chi connectivity index (χ1) is 8.72. The average molecular weight is 268 g/mol. The number of nitriles is 1. The molecule has 0 bridgehead atoms. The molecule has 0 aliphatic carbocycles. The van der Waals surface area contributed by atoms with E-state index in [1.165, 1.54) is 0 Å². The average Bonchev–Trinajstić information content (AvgIpc) is 2.31. The molecule has 0 saturated heterocycles. The highest BCUT2D eigenvalue weighted by molar-refractivity contribution is 5.88. The van der Waals surface area contributed by atoms with Crippen LogP contribution in [0, 0.1) is 23.0 Å². The number of carbonyl (C=O) groups is 1. The van der Waals surface area contributed by atoms with Crippen LogP contribution in [-0.4, -0.2) is 13.2 Å². The molecule has 0 aliphatic heterocycles. The van der Waals surface area contributed by atoms with E-state index >= 15 is 0 Å². The van der Waals surface area contributed by atoms with Crippen LogP contribution in [0.4, 0.5) is 19.3 Å². The number of nitrogens with one attached hydrogen (secondary N) is 1. The Kier molecular flexibility index (Phi) is 4.10. The Bertz CT molecular complexity index is 557. The predicted octanol–water partition coefficient (Wildman–Crippen LogP) is 3.31. The number of amides is 1. The third-order valence-electron chi connectivity index (χ3n) is 2.50. The number of benzene rings is 1. The van der Waals surface area contributed by atoms with Gasteiger partial charge in [-0.05, 0) is 11.5 Å². The highest BCUT2D eigenvalue weighted by Crippen LogP contribution is 2.35. The summed E-state index contributed by atoms with van der Waals surface area (Å²) in [7, 11) is 1.14. The van der Waals surface area contributed by atoms with Gasteiger partial charge in [-0.25, -0.2) is 13.6 Å². The zero-order valence-corrected chi connectivity index (χ0v) is 11.1. The van der Waals surface area contributed by atoms with Crippen LogP contribution in [0.1, 0.15) is 31.9 Å². The lowest BCUT2D eigenvalue weighted by Gasteiger charge is -2.24. The van der Waals surface area contributed by atoms with Crippen LogP contribution in [0.5, 0.6) is 0 Å². The highest BCUT2D eigenvalue weighted by Gasteiger charge is 2.28. The van der Waals surface area contributed by atoms with Gasteiger partial charge in [-0.2, -0.15) is 5.26 Å². The quantitative estimate of drug-likeness (QED) is 0.849. The molecule has 0 atom stereocenters. The minimum absolute atomic E-state index is 0.0687. The van der Waals surface area contributed by atoms with Crippen molar-refractivity contribution < 1.29 is 18.3 Å². The summed E-state index contributed by atoms with van der Waals surface area (Å²) in [4.78, 5) is 11.3. The molecule has 0 spiro atoms. The van der Waals surface area contributed by atoms with Gasteiger partial charge in [0.15, 0.2) is 11.6 Å². The summed E-state index contributed by atoms with van der Waals surface area (Å²) in [6, 6.07) is 2.47. The van der Waals surface area contributed by atoms with E-state index in [0.717, 1.165) is 13.2 Å². The third kappa shape index (κ3) is 2.99. The van der Waals surface area contributed by atoms with Gasteiger partial charge in [0.25, 0.3) is 0 Å². The molecule has 0 aromatic heterocycles. The van der Waals surface area contributed by atoms with Crippen LogP contribution >= 0.6 is 0 Å². The Balaban J connectivity index is 3.61. The maximum atomic E-state index is 14.0. The van der Waals surface area contributed by atoms with Gasteiger partial charge in [-0.3, -0.25) is 5.32 Å². The minimum atomic E-state index is -1.13. The molecule has 0 aliphatic rings. The summed E-state index contributed by atoms with van der Waals surface area (Å²) >= 11 is 0. The summed E-state index contributed by atoms with van der Waals surface area (Å²) < 4.78 is 31.9. The fraction of sp³-hybridized carbons (Fsp3) is 0.385. The van der Waals surface area contributed by atoms with Crippen molar-refractivity contribution in [2.75, 3.05) is 12.4 Å². The lowest BCUT2D eigenvalue weighted by Crippen LogP contribution is -2.22. The van der Waals surface area contributed by atoms with Gasteiger partial charge >= 0.3 is 6.09 Å². The fourth-order valence-electron chi connectivity index (χ4n) is 1.70. The van der Waals surface area contributed by atoms with Crippen LogP contribution in [0.15, 0.2) is 6.07 Å². The van der Waals surface area contributed by atoms with Gasteiger partial charge in [0.1, 0.15) is 6.07 Å². The predicted molar refractivity (Wildman–Crippen MR) is 65.8 cm³/mol. The Hall–Kier alpha value is -2.16. The fourth-order valence-corrected chi connectivity index (χ4v) is 1.70. The summed E-state index contributed by atoms with van der Waals surface area (Å²) in [5.74, 6) is -2.21. The number of ether oxygens (including phenoxy) is 1. The van der Waals surface area contributed by atoms with Crippen LogP contribution < -0.4 is 5.32 Å². The molecule has 1 N–H and O–H groups in total. The normalized spacial score (nSPS) is 10.8. The largest absolute Gasteiger partial charge is 0.453 e.